The first-order chi connectivity index (χ1) is 12.2. The predicted octanol–water partition coefficient (Wildman–Crippen LogP) is 3.14. The van der Waals surface area contributed by atoms with Crippen LogP contribution >= 0.6 is 0 Å². The van der Waals surface area contributed by atoms with Gasteiger partial charge in [-0.2, -0.15) is 0 Å². The van der Waals surface area contributed by atoms with Gasteiger partial charge in [0, 0.05) is 20.1 Å². The molecule has 25 heavy (non-hydrogen) atoms. The Morgan fingerprint density at radius 3 is 2.36 bits per heavy atom. The summed E-state index contributed by atoms with van der Waals surface area (Å²) in [6, 6.07) is 15.4. The quantitative estimate of drug-likeness (QED) is 0.760. The van der Waals surface area contributed by atoms with Gasteiger partial charge in [-0.25, -0.2) is 0 Å². The fourth-order valence-corrected chi connectivity index (χ4v) is 2.52. The van der Waals surface area contributed by atoms with Gasteiger partial charge in [0.05, 0.1) is 20.3 Å². The van der Waals surface area contributed by atoms with Gasteiger partial charge in [-0.15, -0.1) is 0 Å². The third kappa shape index (κ3) is 5.80. The van der Waals surface area contributed by atoms with E-state index in [-0.39, 0.29) is 12.0 Å². The van der Waals surface area contributed by atoms with E-state index in [0.717, 1.165) is 22.6 Å². The number of ether oxygens (including phenoxy) is 3. The first-order valence-electron chi connectivity index (χ1n) is 8.22. The molecule has 0 aliphatic carbocycles. The molecule has 134 valence electrons. The molecule has 1 atom stereocenters. The predicted molar refractivity (Wildman–Crippen MR) is 97.1 cm³/mol. The van der Waals surface area contributed by atoms with Crippen LogP contribution in [0.3, 0.4) is 0 Å². The topological polar surface area (TPSA) is 56.8 Å². The summed E-state index contributed by atoms with van der Waals surface area (Å²) in [6.45, 7) is 0.422. The molecule has 0 bridgehead atoms. The molecule has 5 heteroatoms. The average Bonchev–Trinajstić information content (AvgIpc) is 2.67. The summed E-state index contributed by atoms with van der Waals surface area (Å²) in [5.74, 6) is 1.58. The third-order valence-corrected chi connectivity index (χ3v) is 4.03. The van der Waals surface area contributed by atoms with Gasteiger partial charge in [0.1, 0.15) is 11.5 Å². The SMILES string of the molecule is COc1ccc(CCC(=O)NCC(OC)c2cccc(OC)c2)cc1. The van der Waals surface area contributed by atoms with Gasteiger partial charge >= 0.3 is 0 Å². The maximum absolute atomic E-state index is 12.1. The van der Waals surface area contributed by atoms with Crippen LogP contribution in [0.5, 0.6) is 11.5 Å². The molecule has 2 rings (SSSR count). The molecule has 0 heterocycles. The molecular formula is C20H25NO4. The molecule has 1 N–H and O–H groups in total. The van der Waals surface area contributed by atoms with Crippen LogP contribution in [0.4, 0.5) is 0 Å². The zero-order valence-corrected chi connectivity index (χ0v) is 15.0. The Morgan fingerprint density at radius 1 is 1.00 bits per heavy atom. The Hall–Kier alpha value is -2.53. The van der Waals surface area contributed by atoms with Crippen LogP contribution in [0, 0.1) is 0 Å². The number of amides is 1. The summed E-state index contributed by atoms with van der Waals surface area (Å²) in [7, 11) is 4.90. The van der Waals surface area contributed by atoms with Crippen LogP contribution in [-0.2, 0) is 16.0 Å². The van der Waals surface area contributed by atoms with Gasteiger partial charge in [-0.3, -0.25) is 4.79 Å². The molecule has 0 saturated heterocycles. The highest BCUT2D eigenvalue weighted by Gasteiger charge is 2.13. The van der Waals surface area contributed by atoms with E-state index >= 15 is 0 Å². The van der Waals surface area contributed by atoms with Crippen molar-refractivity contribution in [2.24, 2.45) is 0 Å². The van der Waals surface area contributed by atoms with Crippen LogP contribution in [0.2, 0.25) is 0 Å². The minimum Gasteiger partial charge on any atom is -0.497 e. The Bertz CT molecular complexity index is 670. The smallest absolute Gasteiger partial charge is 0.220 e. The Kier molecular flexibility index (Phi) is 7.29. The van der Waals surface area contributed by atoms with E-state index in [2.05, 4.69) is 5.32 Å². The van der Waals surface area contributed by atoms with Crippen molar-refractivity contribution in [1.29, 1.82) is 0 Å². The second-order valence-corrected chi connectivity index (χ2v) is 5.65. The molecule has 5 nitrogen and oxygen atoms in total. The van der Waals surface area contributed by atoms with Crippen molar-refractivity contribution >= 4 is 5.91 Å². The number of benzene rings is 2. The molecule has 0 spiro atoms. The molecule has 0 aliphatic rings. The fraction of sp³-hybridized carbons (Fsp3) is 0.350. The lowest BCUT2D eigenvalue weighted by Crippen LogP contribution is -2.29. The average molecular weight is 343 g/mol. The Balaban J connectivity index is 1.82. The van der Waals surface area contributed by atoms with E-state index < -0.39 is 0 Å². The normalized spacial score (nSPS) is 11.6. The molecule has 2 aromatic carbocycles. The van der Waals surface area contributed by atoms with Crippen LogP contribution < -0.4 is 14.8 Å². The highest BCUT2D eigenvalue weighted by molar-refractivity contribution is 5.76. The van der Waals surface area contributed by atoms with E-state index in [4.69, 9.17) is 14.2 Å². The van der Waals surface area contributed by atoms with E-state index in [1.807, 2.05) is 48.5 Å². The molecule has 0 fully saturated rings. The number of methoxy groups -OCH3 is 3. The molecule has 0 aromatic heterocycles. The summed E-state index contributed by atoms with van der Waals surface area (Å²) in [4.78, 5) is 12.1. The van der Waals surface area contributed by atoms with Crippen molar-refractivity contribution in [3.63, 3.8) is 0 Å². The van der Waals surface area contributed by atoms with E-state index in [9.17, 15) is 4.79 Å². The zero-order valence-electron chi connectivity index (χ0n) is 15.0. The fourth-order valence-electron chi connectivity index (χ4n) is 2.52. The summed E-state index contributed by atoms with van der Waals surface area (Å²) >= 11 is 0. The van der Waals surface area contributed by atoms with Gasteiger partial charge < -0.3 is 19.5 Å². The van der Waals surface area contributed by atoms with E-state index in [0.29, 0.717) is 19.4 Å². The number of aryl methyl sites for hydroxylation is 1. The molecule has 1 unspecified atom stereocenters. The van der Waals surface area contributed by atoms with Crippen LogP contribution in [0.15, 0.2) is 48.5 Å². The van der Waals surface area contributed by atoms with Crippen molar-refractivity contribution in [1.82, 2.24) is 5.32 Å². The monoisotopic (exact) mass is 343 g/mol. The first kappa shape index (κ1) is 18.8. The molecule has 1 amide bonds. The van der Waals surface area contributed by atoms with Gasteiger partial charge in [0.2, 0.25) is 5.91 Å². The summed E-state index contributed by atoms with van der Waals surface area (Å²) in [5.41, 5.74) is 2.07. The lowest BCUT2D eigenvalue weighted by atomic mass is 10.1. The van der Waals surface area contributed by atoms with Crippen LogP contribution in [0.1, 0.15) is 23.7 Å². The molecular weight excluding hydrogens is 318 g/mol. The van der Waals surface area contributed by atoms with Crippen molar-refractivity contribution in [3.05, 3.63) is 59.7 Å². The molecule has 0 aliphatic heterocycles. The lowest BCUT2D eigenvalue weighted by molar-refractivity contribution is -0.121. The number of hydrogen-bond acceptors (Lipinski definition) is 4. The van der Waals surface area contributed by atoms with Crippen LogP contribution in [-0.4, -0.2) is 33.8 Å². The maximum Gasteiger partial charge on any atom is 0.220 e. The second kappa shape index (κ2) is 9.69. The summed E-state index contributed by atoms with van der Waals surface area (Å²) in [5, 5.41) is 2.93. The number of carbonyl (C=O) groups excluding carboxylic acids is 1. The number of nitrogens with one attached hydrogen (secondary N) is 1. The molecule has 0 radical (unpaired) electrons. The number of rotatable bonds is 9. The largest absolute Gasteiger partial charge is 0.497 e. The Labute approximate surface area is 148 Å². The summed E-state index contributed by atoms with van der Waals surface area (Å²) in [6.07, 6.45) is 0.910. The highest BCUT2D eigenvalue weighted by Crippen LogP contribution is 2.21. The van der Waals surface area contributed by atoms with Crippen LogP contribution in [0.25, 0.3) is 0 Å². The summed E-state index contributed by atoms with van der Waals surface area (Å²) < 4.78 is 15.8. The molecule has 0 saturated carbocycles. The second-order valence-electron chi connectivity index (χ2n) is 5.65. The zero-order chi connectivity index (χ0) is 18.1. The highest BCUT2D eigenvalue weighted by atomic mass is 16.5. The number of hydrogen-bond donors (Lipinski definition) is 1. The minimum atomic E-state index is -0.208. The lowest BCUT2D eigenvalue weighted by Gasteiger charge is -2.17. The van der Waals surface area contributed by atoms with Crippen molar-refractivity contribution in [3.8, 4) is 11.5 Å². The van der Waals surface area contributed by atoms with Gasteiger partial charge in [-0.1, -0.05) is 24.3 Å². The van der Waals surface area contributed by atoms with E-state index in [1.165, 1.54) is 0 Å². The van der Waals surface area contributed by atoms with Crippen molar-refractivity contribution in [2.45, 2.75) is 18.9 Å². The van der Waals surface area contributed by atoms with E-state index in [1.54, 1.807) is 21.3 Å². The first-order valence-corrected chi connectivity index (χ1v) is 8.22. The number of carbonyl (C=O) groups is 1. The molecule has 2 aromatic rings. The van der Waals surface area contributed by atoms with Gasteiger partial charge in [0.25, 0.3) is 0 Å². The third-order valence-electron chi connectivity index (χ3n) is 4.03. The maximum atomic E-state index is 12.1. The van der Waals surface area contributed by atoms with Crippen molar-refractivity contribution in [2.75, 3.05) is 27.9 Å². The Morgan fingerprint density at radius 2 is 1.72 bits per heavy atom. The standard InChI is InChI=1S/C20H25NO4/c1-23-17-10-7-15(8-11-17)9-12-20(22)21-14-19(25-3)16-5-4-6-18(13-16)24-2/h4-8,10-11,13,19H,9,12,14H2,1-3H3,(H,21,22). The van der Waals surface area contributed by atoms with Gasteiger partial charge in [-0.05, 0) is 41.8 Å². The van der Waals surface area contributed by atoms with Crippen molar-refractivity contribution < 1.29 is 19.0 Å². The van der Waals surface area contributed by atoms with Gasteiger partial charge in [0.15, 0.2) is 0 Å². The minimum absolute atomic E-state index is 0.000708.